The van der Waals surface area contributed by atoms with E-state index in [4.69, 9.17) is 4.74 Å². The molecule has 2 heterocycles. The Balaban J connectivity index is 1.74. The van der Waals surface area contributed by atoms with Crippen LogP contribution in [0.15, 0.2) is 12.2 Å². The highest BCUT2D eigenvalue weighted by molar-refractivity contribution is 5.32. The second-order valence-corrected chi connectivity index (χ2v) is 7.66. The number of hydrogen-bond acceptors (Lipinski definition) is 2. The summed E-state index contributed by atoms with van der Waals surface area (Å²) in [5.41, 5.74) is 0.300. The summed E-state index contributed by atoms with van der Waals surface area (Å²) in [7, 11) is 0. The van der Waals surface area contributed by atoms with E-state index in [1.165, 1.54) is 25.7 Å². The van der Waals surface area contributed by atoms with Gasteiger partial charge in [-0.2, -0.15) is 0 Å². The zero-order valence-electron chi connectivity index (χ0n) is 11.1. The molecular weight excluding hydrogens is 224 g/mol. The van der Waals surface area contributed by atoms with Crippen molar-refractivity contribution in [2.45, 2.75) is 56.8 Å². The SMILES string of the molecule is CC12C3C=CC1C[C@@H]1CCC4(O)CC[C@@H](C3)C12O4. The van der Waals surface area contributed by atoms with Crippen LogP contribution in [0.25, 0.3) is 0 Å². The third-order valence-corrected chi connectivity index (χ3v) is 7.37. The van der Waals surface area contributed by atoms with Crippen LogP contribution in [0.5, 0.6) is 0 Å². The summed E-state index contributed by atoms with van der Waals surface area (Å²) >= 11 is 0. The Bertz CT molecular complexity index is 424. The summed E-state index contributed by atoms with van der Waals surface area (Å²) in [6.45, 7) is 2.46. The van der Waals surface area contributed by atoms with Crippen LogP contribution in [-0.2, 0) is 4.74 Å². The molecule has 2 saturated carbocycles. The van der Waals surface area contributed by atoms with Crippen molar-refractivity contribution < 1.29 is 9.84 Å². The molecule has 0 aromatic heterocycles. The normalized spacial score (nSPS) is 67.4. The Morgan fingerprint density at radius 1 is 1.06 bits per heavy atom. The standard InChI is InChI=1S/C16H22O2/c1-14-10-2-3-11(14)9-13-5-7-15(17)6-4-12(8-10)16(13,14)18-15/h2-3,10-13,17H,4-9H2,1H3/t10?,11?,12-,13-,14?,15?,16?/m0/s1. The number of rotatable bonds is 0. The van der Waals surface area contributed by atoms with Crippen molar-refractivity contribution in [1.29, 1.82) is 0 Å². The minimum Gasteiger partial charge on any atom is -0.365 e. The van der Waals surface area contributed by atoms with Gasteiger partial charge >= 0.3 is 0 Å². The fourth-order valence-electron chi connectivity index (χ4n) is 6.63. The molecule has 18 heavy (non-hydrogen) atoms. The summed E-state index contributed by atoms with van der Waals surface area (Å²) < 4.78 is 6.51. The molecule has 2 aliphatic heterocycles. The lowest BCUT2D eigenvalue weighted by molar-refractivity contribution is -0.356. The summed E-state index contributed by atoms with van der Waals surface area (Å²) in [5.74, 6) is 2.03. The Hall–Kier alpha value is -0.340. The number of aliphatic hydroxyl groups is 1. The van der Waals surface area contributed by atoms with Gasteiger partial charge in [0.25, 0.3) is 0 Å². The van der Waals surface area contributed by atoms with E-state index in [1.807, 2.05) is 0 Å². The molecule has 2 saturated heterocycles. The number of ether oxygens (including phenoxy) is 1. The molecule has 2 nitrogen and oxygen atoms in total. The predicted molar refractivity (Wildman–Crippen MR) is 67.7 cm³/mol. The largest absolute Gasteiger partial charge is 0.365 e. The van der Waals surface area contributed by atoms with Crippen LogP contribution in [0.3, 0.4) is 0 Å². The maximum atomic E-state index is 10.7. The Kier molecular flexibility index (Phi) is 1.59. The monoisotopic (exact) mass is 246 g/mol. The van der Waals surface area contributed by atoms with Gasteiger partial charge in [0.1, 0.15) is 0 Å². The third-order valence-electron chi connectivity index (χ3n) is 7.37. The fraction of sp³-hybridized carbons (Fsp3) is 0.875. The molecule has 2 bridgehead atoms. The van der Waals surface area contributed by atoms with Gasteiger partial charge in [0.15, 0.2) is 5.79 Å². The van der Waals surface area contributed by atoms with Crippen LogP contribution in [0.4, 0.5) is 0 Å². The zero-order valence-corrected chi connectivity index (χ0v) is 11.1. The van der Waals surface area contributed by atoms with Gasteiger partial charge in [0.05, 0.1) is 5.60 Å². The Morgan fingerprint density at radius 2 is 1.61 bits per heavy atom. The molecule has 1 N–H and O–H groups in total. The molecule has 1 spiro atoms. The van der Waals surface area contributed by atoms with E-state index >= 15 is 0 Å². The van der Waals surface area contributed by atoms with Crippen molar-refractivity contribution in [3.63, 3.8) is 0 Å². The Morgan fingerprint density at radius 3 is 2.17 bits per heavy atom. The lowest BCUT2D eigenvalue weighted by Crippen LogP contribution is -2.62. The summed E-state index contributed by atoms with van der Waals surface area (Å²) in [6.07, 6.45) is 11.6. The average Bonchev–Trinajstić information content (AvgIpc) is 2.87. The van der Waals surface area contributed by atoms with Crippen molar-refractivity contribution in [2.24, 2.45) is 29.1 Å². The highest BCUT2D eigenvalue weighted by atomic mass is 16.6. The smallest absolute Gasteiger partial charge is 0.166 e. The molecular formula is C16H22O2. The fourth-order valence-corrected chi connectivity index (χ4v) is 6.63. The molecule has 5 aliphatic rings. The summed E-state index contributed by atoms with van der Waals surface area (Å²) in [5, 5.41) is 10.7. The van der Waals surface area contributed by atoms with Crippen LogP contribution in [0, 0.1) is 29.1 Å². The molecule has 2 unspecified atom stereocenters. The van der Waals surface area contributed by atoms with Gasteiger partial charge in [-0.05, 0) is 49.4 Å². The van der Waals surface area contributed by atoms with Crippen molar-refractivity contribution >= 4 is 0 Å². The predicted octanol–water partition coefficient (Wildman–Crippen LogP) is 2.87. The molecule has 0 aromatic rings. The lowest BCUT2D eigenvalue weighted by Gasteiger charge is -2.57. The topological polar surface area (TPSA) is 29.5 Å². The molecule has 3 aliphatic carbocycles. The van der Waals surface area contributed by atoms with Gasteiger partial charge in [-0.1, -0.05) is 19.1 Å². The molecule has 98 valence electrons. The van der Waals surface area contributed by atoms with Crippen LogP contribution in [0.1, 0.15) is 45.4 Å². The lowest BCUT2D eigenvalue weighted by atomic mass is 9.63. The molecule has 0 amide bonds. The van der Waals surface area contributed by atoms with Gasteiger partial charge in [-0.3, -0.25) is 0 Å². The number of allylic oxidation sites excluding steroid dienone is 2. The molecule has 4 fully saturated rings. The van der Waals surface area contributed by atoms with Gasteiger partial charge in [0.2, 0.25) is 0 Å². The second-order valence-electron chi connectivity index (χ2n) is 7.66. The minimum absolute atomic E-state index is 0.0110. The minimum atomic E-state index is -0.789. The zero-order chi connectivity index (χ0) is 12.2. The first-order valence-corrected chi connectivity index (χ1v) is 7.69. The van der Waals surface area contributed by atoms with Crippen LogP contribution in [0.2, 0.25) is 0 Å². The third kappa shape index (κ3) is 0.830. The van der Waals surface area contributed by atoms with Crippen LogP contribution >= 0.6 is 0 Å². The van der Waals surface area contributed by atoms with E-state index in [-0.39, 0.29) is 11.0 Å². The molecule has 0 aromatic carbocycles. The second kappa shape index (κ2) is 2.73. The van der Waals surface area contributed by atoms with Crippen LogP contribution in [-0.4, -0.2) is 16.5 Å². The maximum Gasteiger partial charge on any atom is 0.166 e. The van der Waals surface area contributed by atoms with Gasteiger partial charge < -0.3 is 9.84 Å². The van der Waals surface area contributed by atoms with E-state index in [2.05, 4.69) is 19.1 Å². The molecule has 0 radical (unpaired) electrons. The highest BCUT2D eigenvalue weighted by Gasteiger charge is 2.76. The first-order valence-electron chi connectivity index (χ1n) is 7.69. The van der Waals surface area contributed by atoms with E-state index < -0.39 is 5.79 Å². The van der Waals surface area contributed by atoms with E-state index in [0.717, 1.165) is 12.8 Å². The van der Waals surface area contributed by atoms with E-state index in [9.17, 15) is 5.11 Å². The van der Waals surface area contributed by atoms with Crippen molar-refractivity contribution in [3.05, 3.63) is 12.2 Å². The Labute approximate surface area is 108 Å². The molecule has 2 heteroatoms. The first-order chi connectivity index (χ1) is 8.58. The number of fused-ring (bicyclic) bond motifs is 1. The van der Waals surface area contributed by atoms with E-state index in [0.29, 0.717) is 23.7 Å². The summed E-state index contributed by atoms with van der Waals surface area (Å²) in [4.78, 5) is 0. The van der Waals surface area contributed by atoms with Crippen molar-refractivity contribution in [3.8, 4) is 0 Å². The quantitative estimate of drug-likeness (QED) is 0.666. The van der Waals surface area contributed by atoms with Crippen LogP contribution < -0.4 is 0 Å². The van der Waals surface area contributed by atoms with Gasteiger partial charge in [-0.25, -0.2) is 0 Å². The summed E-state index contributed by atoms with van der Waals surface area (Å²) in [6, 6.07) is 0. The van der Waals surface area contributed by atoms with Gasteiger partial charge in [-0.15, -0.1) is 0 Å². The van der Waals surface area contributed by atoms with Crippen molar-refractivity contribution in [1.82, 2.24) is 0 Å². The maximum absolute atomic E-state index is 10.7. The van der Waals surface area contributed by atoms with Crippen molar-refractivity contribution in [2.75, 3.05) is 0 Å². The molecule has 5 rings (SSSR count). The highest BCUT2D eigenvalue weighted by Crippen LogP contribution is 2.76. The molecule has 4 atom stereocenters. The van der Waals surface area contributed by atoms with E-state index in [1.54, 1.807) is 0 Å². The number of hydrogen-bond donors (Lipinski definition) is 1. The first kappa shape index (κ1) is 10.4. The van der Waals surface area contributed by atoms with Gasteiger partial charge in [0, 0.05) is 18.3 Å². The average molecular weight is 246 g/mol.